The maximum absolute atomic E-state index is 11.9. The van der Waals surface area contributed by atoms with E-state index in [-0.39, 0.29) is 6.04 Å². The van der Waals surface area contributed by atoms with Crippen molar-refractivity contribution in [1.82, 2.24) is 4.31 Å². The van der Waals surface area contributed by atoms with Crippen molar-refractivity contribution >= 4 is 16.3 Å². The van der Waals surface area contributed by atoms with Crippen LogP contribution >= 0.6 is 0 Å². The van der Waals surface area contributed by atoms with Crippen LogP contribution in [0.5, 0.6) is 5.75 Å². The van der Waals surface area contributed by atoms with Gasteiger partial charge in [0.15, 0.2) is 0 Å². The average molecular weight is 388 g/mol. The quantitative estimate of drug-likeness (QED) is 0.711. The summed E-state index contributed by atoms with van der Waals surface area (Å²) in [6.07, 6.45) is 3.79. The number of carbonyl (C=O) groups is 1. The van der Waals surface area contributed by atoms with Crippen molar-refractivity contribution < 1.29 is 17.9 Å². The molecular formula is C21H25NO4S. The highest BCUT2D eigenvalue weighted by atomic mass is 32.2. The number of rotatable bonds is 6. The Hall–Kier alpha value is -2.18. The third kappa shape index (κ3) is 4.39. The number of nitrogens with zero attached hydrogens (tertiary/aromatic N) is 1. The SMILES string of the molecule is Cc1cc(OC[C@H]2CCCN2S(C)(=O)=O)cc(C)c1-c1cccc(C=O)c1. The number of ether oxygens (including phenoxy) is 1. The van der Waals surface area contributed by atoms with Crippen LogP contribution in [0.4, 0.5) is 0 Å². The van der Waals surface area contributed by atoms with Gasteiger partial charge in [-0.3, -0.25) is 4.79 Å². The van der Waals surface area contributed by atoms with Crippen LogP contribution in [0.3, 0.4) is 0 Å². The van der Waals surface area contributed by atoms with Crippen molar-refractivity contribution in [1.29, 1.82) is 0 Å². The first-order valence-corrected chi connectivity index (χ1v) is 10.9. The molecule has 2 aromatic rings. The lowest BCUT2D eigenvalue weighted by Crippen LogP contribution is -2.38. The zero-order valence-electron chi connectivity index (χ0n) is 15.9. The fourth-order valence-electron chi connectivity index (χ4n) is 3.83. The van der Waals surface area contributed by atoms with Crippen LogP contribution in [0.25, 0.3) is 11.1 Å². The zero-order valence-corrected chi connectivity index (χ0v) is 16.8. The van der Waals surface area contributed by atoms with E-state index in [9.17, 15) is 13.2 Å². The van der Waals surface area contributed by atoms with Gasteiger partial charge in [-0.25, -0.2) is 8.42 Å². The summed E-state index contributed by atoms with van der Waals surface area (Å²) < 4.78 is 31.2. The highest BCUT2D eigenvalue weighted by Crippen LogP contribution is 2.32. The Morgan fingerprint density at radius 3 is 2.52 bits per heavy atom. The normalized spacial score (nSPS) is 17.8. The van der Waals surface area contributed by atoms with Crippen LogP contribution in [0, 0.1) is 13.8 Å². The summed E-state index contributed by atoms with van der Waals surface area (Å²) in [4.78, 5) is 11.1. The second-order valence-corrected chi connectivity index (χ2v) is 9.09. The van der Waals surface area contributed by atoms with Gasteiger partial charge in [-0.05, 0) is 67.1 Å². The van der Waals surface area contributed by atoms with Crippen LogP contribution in [0.2, 0.25) is 0 Å². The molecule has 1 aliphatic heterocycles. The van der Waals surface area contributed by atoms with Gasteiger partial charge in [0.05, 0.1) is 12.3 Å². The van der Waals surface area contributed by atoms with Crippen LogP contribution in [-0.2, 0) is 10.0 Å². The molecule has 0 radical (unpaired) electrons. The van der Waals surface area contributed by atoms with Crippen molar-refractivity contribution in [2.75, 3.05) is 19.4 Å². The number of hydrogen-bond acceptors (Lipinski definition) is 4. The first-order valence-electron chi connectivity index (χ1n) is 9.06. The van der Waals surface area contributed by atoms with Gasteiger partial charge in [0.25, 0.3) is 0 Å². The summed E-state index contributed by atoms with van der Waals surface area (Å²) in [5.74, 6) is 0.737. The van der Waals surface area contributed by atoms with E-state index in [1.54, 1.807) is 6.07 Å². The Kier molecular flexibility index (Phi) is 5.67. The molecule has 0 saturated carbocycles. The molecule has 1 saturated heterocycles. The van der Waals surface area contributed by atoms with Crippen molar-refractivity contribution in [3.63, 3.8) is 0 Å². The van der Waals surface area contributed by atoms with Crippen molar-refractivity contribution in [3.05, 3.63) is 53.1 Å². The minimum Gasteiger partial charge on any atom is -0.492 e. The molecule has 2 aromatic carbocycles. The van der Waals surface area contributed by atoms with Gasteiger partial charge in [0.2, 0.25) is 10.0 Å². The third-order valence-electron chi connectivity index (χ3n) is 5.01. The maximum Gasteiger partial charge on any atom is 0.211 e. The Labute approximate surface area is 161 Å². The predicted octanol–water partition coefficient (Wildman–Crippen LogP) is 3.59. The smallest absolute Gasteiger partial charge is 0.211 e. The first kappa shape index (κ1) is 19.6. The Morgan fingerprint density at radius 1 is 1.19 bits per heavy atom. The Morgan fingerprint density at radius 2 is 1.89 bits per heavy atom. The second kappa shape index (κ2) is 7.82. The average Bonchev–Trinajstić information content (AvgIpc) is 3.09. The molecule has 1 atom stereocenters. The topological polar surface area (TPSA) is 63.7 Å². The monoisotopic (exact) mass is 387 g/mol. The highest BCUT2D eigenvalue weighted by molar-refractivity contribution is 7.88. The highest BCUT2D eigenvalue weighted by Gasteiger charge is 2.31. The van der Waals surface area contributed by atoms with Gasteiger partial charge < -0.3 is 4.74 Å². The van der Waals surface area contributed by atoms with Crippen LogP contribution in [0.1, 0.15) is 34.3 Å². The number of aldehydes is 1. The van der Waals surface area contributed by atoms with E-state index in [4.69, 9.17) is 4.74 Å². The van der Waals surface area contributed by atoms with Gasteiger partial charge in [0.1, 0.15) is 18.6 Å². The number of benzene rings is 2. The summed E-state index contributed by atoms with van der Waals surface area (Å²) in [5, 5.41) is 0. The van der Waals surface area contributed by atoms with E-state index in [2.05, 4.69) is 0 Å². The minimum atomic E-state index is -3.20. The third-order valence-corrected chi connectivity index (χ3v) is 6.34. The fourth-order valence-corrected chi connectivity index (χ4v) is 5.00. The zero-order chi connectivity index (χ0) is 19.6. The first-order chi connectivity index (χ1) is 12.8. The molecule has 0 spiro atoms. The Bertz CT molecular complexity index is 929. The molecule has 0 N–H and O–H groups in total. The van der Waals surface area contributed by atoms with E-state index < -0.39 is 10.0 Å². The van der Waals surface area contributed by atoms with E-state index in [1.165, 1.54) is 10.6 Å². The van der Waals surface area contributed by atoms with Crippen molar-refractivity contribution in [2.24, 2.45) is 0 Å². The van der Waals surface area contributed by atoms with E-state index in [1.807, 2.05) is 44.2 Å². The lowest BCUT2D eigenvalue weighted by Gasteiger charge is -2.22. The molecule has 0 bridgehead atoms. The Balaban J connectivity index is 1.80. The standard InChI is InChI=1S/C21H25NO4S/c1-15-10-20(26-14-19-8-5-9-22(19)27(3,24)25)11-16(2)21(15)18-7-4-6-17(12-18)13-23/h4,6-7,10-13,19H,5,8-9,14H2,1-3H3/t19-/m1/s1. The molecule has 5 nitrogen and oxygen atoms in total. The number of aryl methyl sites for hydroxylation is 2. The maximum atomic E-state index is 11.9. The minimum absolute atomic E-state index is 0.107. The van der Waals surface area contributed by atoms with E-state index in [0.29, 0.717) is 18.7 Å². The molecular weight excluding hydrogens is 362 g/mol. The predicted molar refractivity (Wildman–Crippen MR) is 107 cm³/mol. The molecule has 144 valence electrons. The van der Waals surface area contributed by atoms with Crippen LogP contribution in [0.15, 0.2) is 36.4 Å². The van der Waals surface area contributed by atoms with E-state index >= 15 is 0 Å². The lowest BCUT2D eigenvalue weighted by atomic mass is 9.94. The molecule has 0 aliphatic carbocycles. The van der Waals surface area contributed by atoms with Gasteiger partial charge in [0, 0.05) is 12.1 Å². The lowest BCUT2D eigenvalue weighted by molar-refractivity contribution is 0.112. The van der Waals surface area contributed by atoms with Gasteiger partial charge >= 0.3 is 0 Å². The molecule has 1 aliphatic rings. The molecule has 0 amide bonds. The van der Waals surface area contributed by atoms with Gasteiger partial charge in [-0.15, -0.1) is 0 Å². The summed E-state index contributed by atoms with van der Waals surface area (Å²) in [7, 11) is -3.20. The van der Waals surface area contributed by atoms with Crippen LogP contribution in [-0.4, -0.2) is 44.5 Å². The van der Waals surface area contributed by atoms with Crippen LogP contribution < -0.4 is 4.74 Å². The molecule has 27 heavy (non-hydrogen) atoms. The molecule has 6 heteroatoms. The number of hydrogen-bond donors (Lipinski definition) is 0. The fraction of sp³-hybridized carbons (Fsp3) is 0.381. The summed E-state index contributed by atoms with van der Waals surface area (Å²) >= 11 is 0. The molecule has 0 unspecified atom stereocenters. The largest absolute Gasteiger partial charge is 0.492 e. The van der Waals surface area contributed by atoms with E-state index in [0.717, 1.165) is 47.1 Å². The molecule has 3 rings (SSSR count). The summed E-state index contributed by atoms with van der Waals surface area (Å²) in [6, 6.07) is 11.4. The molecule has 0 aromatic heterocycles. The molecule has 1 fully saturated rings. The summed E-state index contributed by atoms with van der Waals surface area (Å²) in [6.45, 7) is 4.95. The van der Waals surface area contributed by atoms with Gasteiger partial charge in [-0.2, -0.15) is 4.31 Å². The molecule has 1 heterocycles. The number of carbonyl (C=O) groups excluding carboxylic acids is 1. The van der Waals surface area contributed by atoms with Crippen molar-refractivity contribution in [2.45, 2.75) is 32.7 Å². The summed E-state index contributed by atoms with van der Waals surface area (Å²) in [5.41, 5.74) is 4.84. The van der Waals surface area contributed by atoms with Gasteiger partial charge in [-0.1, -0.05) is 18.2 Å². The van der Waals surface area contributed by atoms with Crippen molar-refractivity contribution in [3.8, 4) is 16.9 Å². The number of sulfonamides is 1. The second-order valence-electron chi connectivity index (χ2n) is 7.16.